The summed E-state index contributed by atoms with van der Waals surface area (Å²) >= 11 is 0. The lowest BCUT2D eigenvalue weighted by Crippen LogP contribution is -2.12. The first kappa shape index (κ1) is 12.2. The second-order valence-corrected chi connectivity index (χ2v) is 13.8. The van der Waals surface area contributed by atoms with Crippen LogP contribution in [0, 0.1) is 0 Å². The monoisotopic (exact) mass is 252 g/mol. The number of fused-ring (bicyclic) bond motifs is 1. The van der Waals surface area contributed by atoms with Gasteiger partial charge in [-0.1, -0.05) is 0 Å². The van der Waals surface area contributed by atoms with Gasteiger partial charge >= 0.3 is 0 Å². The lowest BCUT2D eigenvalue weighted by Gasteiger charge is -2.47. The van der Waals surface area contributed by atoms with E-state index in [4.69, 9.17) is 4.74 Å². The standard InChI is InChI=1S/C13H20N2OS/c1-16-12-7-6-10-13(15-12)11(8-9-14-10)17(2,3,4)5/h6-9,17H,1-5H3. The van der Waals surface area contributed by atoms with Crippen LogP contribution in [0.3, 0.4) is 0 Å². The number of methoxy groups -OCH3 is 1. The highest BCUT2D eigenvalue weighted by molar-refractivity contribution is 8.47. The lowest BCUT2D eigenvalue weighted by atomic mass is 10.3. The van der Waals surface area contributed by atoms with Gasteiger partial charge < -0.3 is 4.74 Å². The third-order valence-electron chi connectivity index (χ3n) is 2.71. The molecule has 0 fully saturated rings. The van der Waals surface area contributed by atoms with Gasteiger partial charge in [-0.2, -0.15) is 0 Å². The van der Waals surface area contributed by atoms with Gasteiger partial charge in [-0.15, -0.1) is 0 Å². The van der Waals surface area contributed by atoms with Crippen molar-refractivity contribution < 1.29 is 4.74 Å². The Bertz CT molecular complexity index is 563. The molecule has 0 aromatic carbocycles. The number of hydrogen-bond acceptors (Lipinski definition) is 3. The van der Waals surface area contributed by atoms with Crippen LogP contribution in [0.2, 0.25) is 0 Å². The molecule has 0 radical (unpaired) electrons. The highest BCUT2D eigenvalue weighted by atomic mass is 32.3. The molecule has 4 heteroatoms. The van der Waals surface area contributed by atoms with E-state index in [1.54, 1.807) is 7.11 Å². The molecule has 0 atom stereocenters. The fraction of sp³-hybridized carbons (Fsp3) is 0.385. The van der Waals surface area contributed by atoms with Crippen molar-refractivity contribution in [3.63, 3.8) is 0 Å². The molecule has 2 aromatic rings. The van der Waals surface area contributed by atoms with Crippen molar-refractivity contribution in [2.24, 2.45) is 0 Å². The van der Waals surface area contributed by atoms with Crippen LogP contribution < -0.4 is 4.74 Å². The lowest BCUT2D eigenvalue weighted by molar-refractivity contribution is 0.399. The Hall–Kier alpha value is -1.29. The van der Waals surface area contributed by atoms with Crippen molar-refractivity contribution >= 4 is 20.2 Å². The van der Waals surface area contributed by atoms with Crippen molar-refractivity contribution in [1.82, 2.24) is 9.97 Å². The van der Waals surface area contributed by atoms with Crippen LogP contribution in [0.25, 0.3) is 11.0 Å². The van der Waals surface area contributed by atoms with Crippen LogP contribution in [0.15, 0.2) is 29.3 Å². The molecule has 2 aromatic heterocycles. The molecule has 0 N–H and O–H groups in total. The molecule has 94 valence electrons. The van der Waals surface area contributed by atoms with Gasteiger partial charge in [-0.25, -0.2) is 4.98 Å². The Morgan fingerprint density at radius 3 is 2.35 bits per heavy atom. The molecular formula is C13H20N2OS. The Morgan fingerprint density at radius 1 is 1.06 bits per heavy atom. The molecule has 0 saturated carbocycles. The minimum Gasteiger partial charge on any atom is -0.481 e. The van der Waals surface area contributed by atoms with E-state index in [1.807, 2.05) is 18.3 Å². The summed E-state index contributed by atoms with van der Waals surface area (Å²) in [6.45, 7) is 0. The van der Waals surface area contributed by atoms with E-state index in [0.717, 1.165) is 11.0 Å². The molecule has 3 nitrogen and oxygen atoms in total. The van der Waals surface area contributed by atoms with Crippen LogP contribution in [0.4, 0.5) is 0 Å². The highest BCUT2D eigenvalue weighted by Gasteiger charge is 2.24. The smallest absolute Gasteiger partial charge is 0.213 e. The summed E-state index contributed by atoms with van der Waals surface area (Å²) in [7, 11) is -0.222. The summed E-state index contributed by atoms with van der Waals surface area (Å²) in [5.41, 5.74) is 1.91. The van der Waals surface area contributed by atoms with Gasteiger partial charge in [0.2, 0.25) is 5.88 Å². The van der Waals surface area contributed by atoms with E-state index in [1.165, 1.54) is 4.90 Å². The average molecular weight is 252 g/mol. The molecular weight excluding hydrogens is 232 g/mol. The van der Waals surface area contributed by atoms with Crippen LogP contribution in [0.5, 0.6) is 5.88 Å². The predicted molar refractivity (Wildman–Crippen MR) is 77.0 cm³/mol. The Balaban J connectivity index is 2.80. The quantitative estimate of drug-likeness (QED) is 0.834. The number of nitrogens with zero attached hydrogens (tertiary/aromatic N) is 2. The molecule has 17 heavy (non-hydrogen) atoms. The van der Waals surface area contributed by atoms with Crippen molar-refractivity contribution in [3.8, 4) is 5.88 Å². The first-order valence-corrected chi connectivity index (χ1v) is 9.61. The van der Waals surface area contributed by atoms with Crippen molar-refractivity contribution in [2.45, 2.75) is 4.90 Å². The van der Waals surface area contributed by atoms with Crippen molar-refractivity contribution in [3.05, 3.63) is 24.4 Å². The van der Waals surface area contributed by atoms with Gasteiger partial charge in [0, 0.05) is 17.2 Å². The van der Waals surface area contributed by atoms with E-state index in [0.29, 0.717) is 5.88 Å². The number of thiol groups is 1. The van der Waals surface area contributed by atoms with E-state index in [2.05, 4.69) is 41.1 Å². The van der Waals surface area contributed by atoms with E-state index >= 15 is 0 Å². The number of ether oxygens (including phenoxy) is 1. The van der Waals surface area contributed by atoms with Crippen LogP contribution in [0.1, 0.15) is 0 Å². The molecule has 0 aliphatic rings. The van der Waals surface area contributed by atoms with Crippen LogP contribution in [-0.4, -0.2) is 42.1 Å². The van der Waals surface area contributed by atoms with Gasteiger partial charge in [-0.3, -0.25) is 14.1 Å². The Morgan fingerprint density at radius 2 is 1.76 bits per heavy atom. The van der Waals surface area contributed by atoms with Crippen molar-refractivity contribution in [2.75, 3.05) is 32.1 Å². The maximum Gasteiger partial charge on any atom is 0.213 e. The van der Waals surface area contributed by atoms with Gasteiger partial charge in [-0.05, 0) is 37.2 Å². The molecule has 0 aliphatic carbocycles. The zero-order chi connectivity index (χ0) is 12.7. The molecule has 0 saturated heterocycles. The minimum atomic E-state index is -1.86. The highest BCUT2D eigenvalue weighted by Crippen LogP contribution is 2.64. The average Bonchev–Trinajstić information content (AvgIpc) is 2.25. The summed E-state index contributed by atoms with van der Waals surface area (Å²) in [6.07, 6.45) is 11.2. The first-order valence-electron chi connectivity index (χ1n) is 5.59. The fourth-order valence-corrected chi connectivity index (χ4v) is 3.50. The molecule has 0 unspecified atom stereocenters. The zero-order valence-corrected chi connectivity index (χ0v) is 12.0. The third kappa shape index (κ3) is 2.36. The molecule has 0 amide bonds. The summed E-state index contributed by atoms with van der Waals surface area (Å²) in [5, 5.41) is 0. The van der Waals surface area contributed by atoms with Gasteiger partial charge in [0.1, 0.15) is 5.52 Å². The maximum atomic E-state index is 5.20. The summed E-state index contributed by atoms with van der Waals surface area (Å²) in [5.74, 6) is 0.646. The maximum absolute atomic E-state index is 5.20. The van der Waals surface area contributed by atoms with Gasteiger partial charge in [0.15, 0.2) is 0 Å². The molecule has 0 aliphatic heterocycles. The Kier molecular flexibility index (Phi) is 2.58. The SMILES string of the molecule is COc1ccc2nccc([SH](C)(C)(C)C)c2n1. The zero-order valence-electron chi connectivity index (χ0n) is 11.1. The molecule has 0 bridgehead atoms. The number of hydrogen-bond donors (Lipinski definition) is 1. The number of pyridine rings is 2. The summed E-state index contributed by atoms with van der Waals surface area (Å²) < 4.78 is 5.20. The third-order valence-corrected chi connectivity index (χ3v) is 5.00. The largest absolute Gasteiger partial charge is 0.481 e. The number of aromatic nitrogens is 2. The van der Waals surface area contributed by atoms with Crippen LogP contribution in [-0.2, 0) is 0 Å². The predicted octanol–water partition coefficient (Wildman–Crippen LogP) is 2.59. The van der Waals surface area contributed by atoms with Crippen LogP contribution >= 0.6 is 9.16 Å². The van der Waals surface area contributed by atoms with E-state index in [9.17, 15) is 0 Å². The normalized spacial score (nSPS) is 14.3. The summed E-state index contributed by atoms with van der Waals surface area (Å²) in [6, 6.07) is 5.91. The second kappa shape index (κ2) is 3.60. The Labute approximate surface area is 103 Å². The molecule has 2 rings (SSSR count). The molecule has 2 heterocycles. The van der Waals surface area contributed by atoms with Crippen molar-refractivity contribution in [1.29, 1.82) is 0 Å². The molecule has 0 spiro atoms. The summed E-state index contributed by atoms with van der Waals surface area (Å²) in [4.78, 5) is 10.2. The topological polar surface area (TPSA) is 35.0 Å². The van der Waals surface area contributed by atoms with Gasteiger partial charge in [0.05, 0.1) is 12.6 Å². The van der Waals surface area contributed by atoms with Gasteiger partial charge in [0.25, 0.3) is 0 Å². The first-order chi connectivity index (χ1) is 7.78. The van der Waals surface area contributed by atoms with E-state index in [-0.39, 0.29) is 0 Å². The van der Waals surface area contributed by atoms with E-state index < -0.39 is 9.16 Å². The second-order valence-electron chi connectivity index (χ2n) is 6.13. The fourth-order valence-electron chi connectivity index (χ4n) is 1.83. The minimum absolute atomic E-state index is 0.646. The number of rotatable bonds is 2.